The lowest BCUT2D eigenvalue weighted by molar-refractivity contribution is -0.150. The monoisotopic (exact) mass is 700 g/mol. The van der Waals surface area contributed by atoms with Crippen LogP contribution in [0.1, 0.15) is 75.5 Å². The summed E-state index contributed by atoms with van der Waals surface area (Å²) in [5.74, 6) is -0.296. The van der Waals surface area contributed by atoms with Crippen molar-refractivity contribution in [3.05, 3.63) is 82.2 Å². The Bertz CT molecular complexity index is 1490. The summed E-state index contributed by atoms with van der Waals surface area (Å²) in [6.07, 6.45) is 9.93. The fourth-order valence-corrected chi connectivity index (χ4v) is 6.21. The topological polar surface area (TPSA) is 115 Å². The normalized spacial score (nSPS) is 19.6. The molecule has 10 nitrogen and oxygen atoms in total. The molecule has 2 aromatic heterocycles. The zero-order valence-corrected chi connectivity index (χ0v) is 30.7. The largest absolute Gasteiger partial charge is 0.386 e. The van der Waals surface area contributed by atoms with Crippen LogP contribution in [0.5, 0.6) is 0 Å². The van der Waals surface area contributed by atoms with E-state index in [1.165, 1.54) is 27.3 Å². The van der Waals surface area contributed by atoms with E-state index in [4.69, 9.17) is 11.6 Å². The molecule has 2 fully saturated rings. The third kappa shape index (κ3) is 12.2. The molecule has 0 spiro atoms. The van der Waals surface area contributed by atoms with Gasteiger partial charge in [0.05, 0.1) is 25.1 Å². The van der Waals surface area contributed by atoms with Crippen molar-refractivity contribution in [2.75, 3.05) is 39.3 Å². The molecule has 2 saturated heterocycles. The molecule has 0 radical (unpaired) electrons. The van der Waals surface area contributed by atoms with Crippen LogP contribution >= 0.6 is 11.6 Å². The summed E-state index contributed by atoms with van der Waals surface area (Å²) < 4.78 is 14.6. The summed E-state index contributed by atoms with van der Waals surface area (Å²) >= 11 is 6.03. The van der Waals surface area contributed by atoms with Crippen molar-refractivity contribution in [3.63, 3.8) is 0 Å². The van der Waals surface area contributed by atoms with Crippen LogP contribution in [0.4, 0.5) is 4.48 Å². The van der Waals surface area contributed by atoms with Crippen LogP contribution in [0.25, 0.3) is 0 Å². The van der Waals surface area contributed by atoms with Gasteiger partial charge >= 0.3 is 0 Å². The number of carbonyl (C=O) groups excluding carboxylic acids is 2. The van der Waals surface area contributed by atoms with Crippen molar-refractivity contribution in [1.82, 2.24) is 29.5 Å². The number of imidazole rings is 1. The average molecular weight is 701 g/mol. The van der Waals surface area contributed by atoms with Gasteiger partial charge in [-0.1, -0.05) is 58.4 Å². The lowest BCUT2D eigenvalue weighted by atomic mass is 9.88. The number of aliphatic hydroxyl groups is 2. The van der Waals surface area contributed by atoms with E-state index in [-0.39, 0.29) is 19.0 Å². The molecule has 3 aliphatic rings. The molecular weight excluding hydrogens is 647 g/mol. The number of rotatable bonds is 4. The highest BCUT2D eigenvalue weighted by molar-refractivity contribution is 6.30. The number of aliphatic hydroxyl groups excluding tert-OH is 1. The number of hydrogen-bond acceptors (Lipinski definition) is 7. The van der Waals surface area contributed by atoms with E-state index in [0.29, 0.717) is 31.3 Å². The third-order valence-corrected chi connectivity index (χ3v) is 8.97. The number of benzene rings is 1. The first kappa shape index (κ1) is 40.1. The van der Waals surface area contributed by atoms with Gasteiger partial charge < -0.3 is 24.6 Å². The molecule has 2 aliphatic heterocycles. The number of piperazine rings is 1. The molecule has 2 atom stereocenters. The Hall–Kier alpha value is -3.38. The van der Waals surface area contributed by atoms with Gasteiger partial charge in [-0.3, -0.25) is 14.6 Å². The van der Waals surface area contributed by atoms with E-state index in [9.17, 15) is 24.3 Å². The van der Waals surface area contributed by atoms with Gasteiger partial charge in [0.2, 0.25) is 6.41 Å². The first-order chi connectivity index (χ1) is 23.3. The van der Waals surface area contributed by atoms with E-state index in [1.807, 2.05) is 49.9 Å². The van der Waals surface area contributed by atoms with Gasteiger partial charge in [0, 0.05) is 62.3 Å². The number of amides is 2. The van der Waals surface area contributed by atoms with Crippen LogP contribution in [-0.2, 0) is 35.4 Å². The predicted octanol–water partition coefficient (Wildman–Crippen LogP) is 5.05. The zero-order chi connectivity index (χ0) is 36.2. The number of aryl methyl sites for hydroxylation is 3. The molecule has 6 rings (SSSR count). The maximum atomic E-state index is 12.7. The van der Waals surface area contributed by atoms with Crippen LogP contribution in [-0.4, -0.2) is 103 Å². The van der Waals surface area contributed by atoms with Gasteiger partial charge in [-0.25, -0.2) is 4.98 Å². The Morgan fingerprint density at radius 2 is 1.76 bits per heavy atom. The second kappa shape index (κ2) is 18.6. The molecule has 3 aromatic rings. The van der Waals surface area contributed by atoms with Gasteiger partial charge in [0.15, 0.2) is 0 Å². The number of carbonyl (C=O) groups is 2. The second-order valence-corrected chi connectivity index (χ2v) is 14.2. The van der Waals surface area contributed by atoms with Gasteiger partial charge in [-0.15, -0.1) is 9.60 Å². The smallest absolute Gasteiger partial charge is 0.252 e. The molecule has 2 amide bonds. The first-order valence-electron chi connectivity index (χ1n) is 17.2. The number of fused-ring (bicyclic) bond motifs is 2. The first-order valence-corrected chi connectivity index (χ1v) is 17.6. The molecule has 2 N–H and O–H groups in total. The Morgan fingerprint density at radius 3 is 2.39 bits per heavy atom. The van der Waals surface area contributed by atoms with E-state index in [2.05, 4.69) is 28.2 Å². The van der Waals surface area contributed by atoms with Gasteiger partial charge in [0.1, 0.15) is 11.7 Å². The van der Waals surface area contributed by atoms with Crippen molar-refractivity contribution >= 4 is 23.9 Å². The lowest BCUT2D eigenvalue weighted by Gasteiger charge is -2.37. The van der Waals surface area contributed by atoms with Gasteiger partial charge in [-0.2, -0.15) is 0 Å². The SMILES string of the molecule is CC.CC(C)(C)C(O)C(=O)N1CCN(F)CC1.Cc1cn(CC2(O)CCCN(C=O)C2)cn1.Clc1ccc2c(c1)CCc1cccnc1C2. The maximum absolute atomic E-state index is 12.7. The van der Waals surface area contributed by atoms with E-state index < -0.39 is 17.1 Å². The number of piperidine rings is 1. The van der Waals surface area contributed by atoms with E-state index >= 15 is 0 Å². The summed E-state index contributed by atoms with van der Waals surface area (Å²) in [5.41, 5.74) is 4.97. The van der Waals surface area contributed by atoms with Crippen LogP contribution in [0.15, 0.2) is 49.1 Å². The number of nitrogens with zero attached hydrogens (tertiary/aromatic N) is 6. The molecule has 49 heavy (non-hydrogen) atoms. The Kier molecular flexibility index (Phi) is 15.2. The molecule has 4 heterocycles. The molecular formula is C37H54ClFN6O4. The lowest BCUT2D eigenvalue weighted by Crippen LogP contribution is -2.52. The zero-order valence-electron chi connectivity index (χ0n) is 29.9. The highest BCUT2D eigenvalue weighted by Crippen LogP contribution is 2.26. The predicted molar refractivity (Wildman–Crippen MR) is 191 cm³/mol. The average Bonchev–Trinajstić information content (AvgIpc) is 3.39. The van der Waals surface area contributed by atoms with Crippen molar-refractivity contribution in [2.45, 2.75) is 91.9 Å². The Morgan fingerprint density at radius 1 is 1.06 bits per heavy atom. The molecule has 0 bridgehead atoms. The summed E-state index contributed by atoms with van der Waals surface area (Å²) in [7, 11) is 0. The Balaban J connectivity index is 0.000000194. The van der Waals surface area contributed by atoms with Crippen molar-refractivity contribution in [2.24, 2.45) is 5.41 Å². The minimum atomic E-state index is -1.01. The highest BCUT2D eigenvalue weighted by Gasteiger charge is 2.34. The molecule has 12 heteroatoms. The van der Waals surface area contributed by atoms with Crippen LogP contribution in [0.2, 0.25) is 5.02 Å². The fourth-order valence-electron chi connectivity index (χ4n) is 6.02. The van der Waals surface area contributed by atoms with Gasteiger partial charge in [-0.05, 0) is 72.9 Å². The van der Waals surface area contributed by atoms with Crippen molar-refractivity contribution in [3.8, 4) is 0 Å². The summed E-state index contributed by atoms with van der Waals surface area (Å²) in [6.45, 7) is 14.1. The molecule has 2 unspecified atom stereocenters. The third-order valence-electron chi connectivity index (χ3n) is 8.74. The van der Waals surface area contributed by atoms with E-state index in [0.717, 1.165) is 55.8 Å². The van der Waals surface area contributed by atoms with Crippen LogP contribution < -0.4 is 0 Å². The standard InChI is InChI=1S/C14H12ClN.C11H17N3O2.C10H19FN2O2.C2H6/c15-13-6-5-12-9-14-10(2-1-7-16-14)3-4-11(12)8-13;1-10-5-14(8-12-10)7-11(16)3-2-4-13(6-11)9-15;1-10(2,3)8(14)9(15)12-4-6-13(11)7-5-12;1-2/h1-2,5-8H,3-4,9H2;5,8-9,16H,2-4,6-7H2,1H3;8,14H,4-7H2,1-3H3;1-2H3. The van der Waals surface area contributed by atoms with Crippen LogP contribution in [0, 0.1) is 12.3 Å². The number of halogens is 2. The minimum absolute atomic E-state index is 0.225. The summed E-state index contributed by atoms with van der Waals surface area (Å²) in [6, 6.07) is 10.4. The van der Waals surface area contributed by atoms with Crippen LogP contribution in [0.3, 0.4) is 0 Å². The molecule has 270 valence electrons. The fraction of sp³-hybridized carbons (Fsp3) is 0.568. The van der Waals surface area contributed by atoms with Crippen molar-refractivity contribution in [1.29, 1.82) is 0 Å². The number of pyridine rings is 1. The molecule has 1 aromatic carbocycles. The highest BCUT2D eigenvalue weighted by atomic mass is 35.5. The maximum Gasteiger partial charge on any atom is 0.252 e. The van der Waals surface area contributed by atoms with Crippen molar-refractivity contribution < 1.29 is 24.3 Å². The van der Waals surface area contributed by atoms with E-state index in [1.54, 1.807) is 32.0 Å². The number of likely N-dealkylation sites (tertiary alicyclic amines) is 1. The minimum Gasteiger partial charge on any atom is -0.386 e. The number of β-amino-alcohol motifs (C(OH)–C–C–N with tert-alkyl or cyclic N) is 1. The second-order valence-electron chi connectivity index (χ2n) is 13.8. The molecule has 1 aliphatic carbocycles. The molecule has 0 saturated carbocycles. The quantitative estimate of drug-likeness (QED) is 0.289. The Labute approximate surface area is 295 Å². The number of hydrogen-bond donors (Lipinski definition) is 2. The van der Waals surface area contributed by atoms with Gasteiger partial charge in [0.25, 0.3) is 5.91 Å². The summed E-state index contributed by atoms with van der Waals surface area (Å²) in [4.78, 5) is 34.2. The summed E-state index contributed by atoms with van der Waals surface area (Å²) in [5, 5.41) is 21.7. The number of aromatic nitrogens is 3.